The average Bonchev–Trinajstić information content (AvgIpc) is 3.24. The van der Waals surface area contributed by atoms with E-state index >= 15 is 0 Å². The van der Waals surface area contributed by atoms with Crippen LogP contribution in [-0.4, -0.2) is 28.2 Å². The summed E-state index contributed by atoms with van der Waals surface area (Å²) in [6.07, 6.45) is 17.8. The molecular weight excluding hydrogens is 322 g/mol. The molecule has 2 fully saturated rings. The molecule has 140 valence electrons. The van der Waals surface area contributed by atoms with Crippen LogP contribution in [0.5, 0.6) is 5.75 Å². The standard InChI is InChI=1S/C22H31N3O/c1-2-4-19(5-3-1)24-20-8-6-18(7-9-20)16-26-22-12-10-21(11-13-22)25-15-14-23-17-25/h10-15,17-20,24H,1-9,16H2. The third-order valence-electron chi connectivity index (χ3n) is 6.05. The molecule has 1 N–H and O–H groups in total. The van der Waals surface area contributed by atoms with Crippen molar-refractivity contribution in [3.63, 3.8) is 0 Å². The van der Waals surface area contributed by atoms with Gasteiger partial charge in [-0.15, -0.1) is 0 Å². The van der Waals surface area contributed by atoms with Gasteiger partial charge < -0.3 is 14.6 Å². The van der Waals surface area contributed by atoms with Gasteiger partial charge in [0.05, 0.1) is 12.9 Å². The number of ether oxygens (including phenoxy) is 1. The molecular formula is C22H31N3O. The van der Waals surface area contributed by atoms with Crippen LogP contribution in [-0.2, 0) is 0 Å². The van der Waals surface area contributed by atoms with Crippen molar-refractivity contribution < 1.29 is 4.74 Å². The van der Waals surface area contributed by atoms with E-state index in [-0.39, 0.29) is 0 Å². The molecule has 0 aliphatic heterocycles. The Kier molecular flexibility index (Phi) is 5.90. The van der Waals surface area contributed by atoms with Gasteiger partial charge in [-0.3, -0.25) is 0 Å². The lowest BCUT2D eigenvalue weighted by Gasteiger charge is -2.33. The molecule has 0 atom stereocenters. The van der Waals surface area contributed by atoms with Gasteiger partial charge in [-0.05, 0) is 68.7 Å². The highest BCUT2D eigenvalue weighted by molar-refractivity contribution is 5.37. The molecule has 4 heteroatoms. The van der Waals surface area contributed by atoms with Crippen molar-refractivity contribution in [2.75, 3.05) is 6.61 Å². The summed E-state index contributed by atoms with van der Waals surface area (Å²) >= 11 is 0. The Hall–Kier alpha value is -1.81. The predicted molar refractivity (Wildman–Crippen MR) is 105 cm³/mol. The molecule has 1 aromatic carbocycles. The van der Waals surface area contributed by atoms with Crippen LogP contribution in [0.15, 0.2) is 43.0 Å². The fourth-order valence-corrected chi connectivity index (χ4v) is 4.44. The second-order valence-corrected chi connectivity index (χ2v) is 7.99. The zero-order chi connectivity index (χ0) is 17.6. The van der Waals surface area contributed by atoms with Crippen molar-refractivity contribution in [1.29, 1.82) is 0 Å². The number of hydrogen-bond acceptors (Lipinski definition) is 3. The molecule has 0 unspecified atom stereocenters. The topological polar surface area (TPSA) is 39.1 Å². The molecule has 1 aromatic heterocycles. The molecule has 2 saturated carbocycles. The highest BCUT2D eigenvalue weighted by Crippen LogP contribution is 2.27. The molecule has 2 aromatic rings. The van der Waals surface area contributed by atoms with Crippen molar-refractivity contribution in [3.05, 3.63) is 43.0 Å². The van der Waals surface area contributed by atoms with Gasteiger partial charge in [-0.1, -0.05) is 19.3 Å². The molecule has 0 radical (unpaired) electrons. The lowest BCUT2D eigenvalue weighted by atomic mass is 9.85. The van der Waals surface area contributed by atoms with Crippen LogP contribution in [0.25, 0.3) is 5.69 Å². The monoisotopic (exact) mass is 353 g/mol. The Bertz CT molecular complexity index is 639. The largest absolute Gasteiger partial charge is 0.493 e. The molecule has 1 heterocycles. The third kappa shape index (κ3) is 4.67. The van der Waals surface area contributed by atoms with E-state index in [4.69, 9.17) is 4.74 Å². The minimum absolute atomic E-state index is 0.702. The second-order valence-electron chi connectivity index (χ2n) is 7.99. The Balaban J connectivity index is 1.19. The van der Waals surface area contributed by atoms with Gasteiger partial charge in [0.15, 0.2) is 0 Å². The number of nitrogens with zero attached hydrogens (tertiary/aromatic N) is 2. The van der Waals surface area contributed by atoms with Crippen LogP contribution in [0.2, 0.25) is 0 Å². The summed E-state index contributed by atoms with van der Waals surface area (Å²) in [6, 6.07) is 9.82. The lowest BCUT2D eigenvalue weighted by molar-refractivity contribution is 0.182. The first-order valence-corrected chi connectivity index (χ1v) is 10.3. The predicted octanol–water partition coefficient (Wildman–Crippen LogP) is 4.73. The quantitative estimate of drug-likeness (QED) is 0.816. The number of imidazole rings is 1. The molecule has 0 spiro atoms. The Morgan fingerprint density at radius 3 is 2.35 bits per heavy atom. The maximum Gasteiger partial charge on any atom is 0.119 e. The van der Waals surface area contributed by atoms with E-state index in [9.17, 15) is 0 Å². The van der Waals surface area contributed by atoms with Crippen molar-refractivity contribution in [2.24, 2.45) is 5.92 Å². The molecule has 2 aliphatic rings. The number of rotatable bonds is 6. The molecule has 0 bridgehead atoms. The molecule has 4 rings (SSSR count). The van der Waals surface area contributed by atoms with Gasteiger partial charge >= 0.3 is 0 Å². The van der Waals surface area contributed by atoms with Crippen LogP contribution in [0, 0.1) is 5.92 Å². The van der Waals surface area contributed by atoms with Gasteiger partial charge in [-0.2, -0.15) is 0 Å². The first-order chi connectivity index (χ1) is 12.9. The first-order valence-electron chi connectivity index (χ1n) is 10.3. The van der Waals surface area contributed by atoms with Gasteiger partial charge in [0.1, 0.15) is 5.75 Å². The Labute approximate surface area is 157 Å². The van der Waals surface area contributed by atoms with E-state index in [1.54, 1.807) is 6.20 Å². The summed E-state index contributed by atoms with van der Waals surface area (Å²) < 4.78 is 8.06. The van der Waals surface area contributed by atoms with Gasteiger partial charge in [0.2, 0.25) is 0 Å². The number of aromatic nitrogens is 2. The number of nitrogens with one attached hydrogen (secondary N) is 1. The zero-order valence-electron chi connectivity index (χ0n) is 15.6. The van der Waals surface area contributed by atoms with Crippen LogP contribution < -0.4 is 10.1 Å². The van der Waals surface area contributed by atoms with Gasteiger partial charge in [0, 0.05) is 30.2 Å². The number of hydrogen-bond donors (Lipinski definition) is 1. The smallest absolute Gasteiger partial charge is 0.119 e. The van der Waals surface area contributed by atoms with E-state index < -0.39 is 0 Å². The number of benzene rings is 1. The van der Waals surface area contributed by atoms with E-state index in [0.29, 0.717) is 5.92 Å². The van der Waals surface area contributed by atoms with Crippen LogP contribution in [0.4, 0.5) is 0 Å². The van der Waals surface area contributed by atoms with E-state index in [0.717, 1.165) is 30.1 Å². The SMILES string of the molecule is c1cn(-c2ccc(OCC3CCC(NC4CCCCC4)CC3)cc2)cn1. The maximum atomic E-state index is 6.06. The van der Waals surface area contributed by atoms with Crippen molar-refractivity contribution in [1.82, 2.24) is 14.9 Å². The maximum absolute atomic E-state index is 6.06. The second kappa shape index (κ2) is 8.72. The van der Waals surface area contributed by atoms with Crippen molar-refractivity contribution in [2.45, 2.75) is 69.9 Å². The third-order valence-corrected chi connectivity index (χ3v) is 6.05. The summed E-state index contributed by atoms with van der Waals surface area (Å²) in [5, 5.41) is 3.92. The van der Waals surface area contributed by atoms with Gasteiger partial charge in [-0.25, -0.2) is 4.98 Å². The normalized spacial score (nSPS) is 24.5. The average molecular weight is 354 g/mol. The van der Waals surface area contributed by atoms with Gasteiger partial charge in [0.25, 0.3) is 0 Å². The first kappa shape index (κ1) is 17.6. The van der Waals surface area contributed by atoms with E-state index in [1.807, 2.05) is 17.1 Å². The van der Waals surface area contributed by atoms with E-state index in [1.165, 1.54) is 57.8 Å². The van der Waals surface area contributed by atoms with E-state index in [2.05, 4.69) is 34.6 Å². The fraction of sp³-hybridized carbons (Fsp3) is 0.591. The Morgan fingerprint density at radius 1 is 0.923 bits per heavy atom. The van der Waals surface area contributed by atoms with Crippen LogP contribution >= 0.6 is 0 Å². The summed E-state index contributed by atoms with van der Waals surface area (Å²) in [7, 11) is 0. The molecule has 0 amide bonds. The molecule has 2 aliphatic carbocycles. The van der Waals surface area contributed by atoms with Crippen molar-refractivity contribution >= 4 is 0 Å². The molecule has 0 saturated heterocycles. The Morgan fingerprint density at radius 2 is 1.65 bits per heavy atom. The minimum Gasteiger partial charge on any atom is -0.493 e. The fourth-order valence-electron chi connectivity index (χ4n) is 4.44. The summed E-state index contributed by atoms with van der Waals surface area (Å²) in [5.74, 6) is 1.67. The summed E-state index contributed by atoms with van der Waals surface area (Å²) in [4.78, 5) is 4.09. The summed E-state index contributed by atoms with van der Waals surface area (Å²) in [6.45, 7) is 0.848. The molecule has 4 nitrogen and oxygen atoms in total. The zero-order valence-corrected chi connectivity index (χ0v) is 15.6. The molecule has 26 heavy (non-hydrogen) atoms. The highest BCUT2D eigenvalue weighted by atomic mass is 16.5. The minimum atomic E-state index is 0.702. The highest BCUT2D eigenvalue weighted by Gasteiger charge is 2.24. The summed E-state index contributed by atoms with van der Waals surface area (Å²) in [5.41, 5.74) is 1.11. The lowest BCUT2D eigenvalue weighted by Crippen LogP contribution is -2.41. The van der Waals surface area contributed by atoms with Crippen molar-refractivity contribution in [3.8, 4) is 11.4 Å². The van der Waals surface area contributed by atoms with Crippen LogP contribution in [0.3, 0.4) is 0 Å². The van der Waals surface area contributed by atoms with Crippen LogP contribution in [0.1, 0.15) is 57.8 Å².